The molecule has 2 aromatic heterocycles. The lowest BCUT2D eigenvalue weighted by atomic mass is 10.1. The largest absolute Gasteiger partial charge is 0.383 e. The fourth-order valence-electron chi connectivity index (χ4n) is 3.67. The molecule has 1 aliphatic rings. The maximum absolute atomic E-state index is 11.9. The Kier molecular flexibility index (Phi) is 7.60. The van der Waals surface area contributed by atoms with Gasteiger partial charge in [0.1, 0.15) is 11.3 Å². The summed E-state index contributed by atoms with van der Waals surface area (Å²) in [6.07, 6.45) is -3.93. The van der Waals surface area contributed by atoms with Gasteiger partial charge < -0.3 is 44.6 Å². The molecule has 3 aromatic rings. The number of rotatable bonds is 9. The Bertz CT molecular complexity index is 1330. The van der Waals surface area contributed by atoms with Crippen molar-refractivity contribution >= 4 is 43.5 Å². The number of hydrogen-bond acceptors (Lipinski definition) is 10. The number of ether oxygens (including phenoxy) is 1. The van der Waals surface area contributed by atoms with Crippen molar-refractivity contribution in [3.63, 3.8) is 0 Å². The Morgan fingerprint density at radius 2 is 1.89 bits per heavy atom. The highest BCUT2D eigenvalue weighted by Gasteiger charge is 2.56. The quantitative estimate of drug-likeness (QED) is 0.110. The third kappa shape index (κ3) is 5.96. The topological polar surface area (TPSA) is 217 Å². The van der Waals surface area contributed by atoms with Gasteiger partial charge in [0.2, 0.25) is 5.79 Å². The standard InChI is InChI=1S/C19H23ClN4O10P2/c20-15-6-13(21-7-11-4-2-1-3-5-11)12-8-22-24(17(12)23-15)18-16(25)19(26,27)14(34-18)9-33-36(31,32)10-35(28,29)30/h1-6,8,14,16,18,25-27H,7,9-10H2,(H,21,23)(H,31,32)(H2,28,29,30)/t14-,16+,18-/m1/s1. The molecule has 17 heteroatoms. The van der Waals surface area contributed by atoms with Crippen molar-refractivity contribution in [1.29, 1.82) is 0 Å². The van der Waals surface area contributed by atoms with E-state index in [1.165, 1.54) is 6.20 Å². The summed E-state index contributed by atoms with van der Waals surface area (Å²) in [5.74, 6) is -4.45. The van der Waals surface area contributed by atoms with Crippen LogP contribution >= 0.6 is 26.8 Å². The summed E-state index contributed by atoms with van der Waals surface area (Å²) in [5, 5.41) is 39.2. The van der Waals surface area contributed by atoms with E-state index in [1.54, 1.807) is 6.07 Å². The van der Waals surface area contributed by atoms with Crippen LogP contribution in [0.5, 0.6) is 0 Å². The lowest BCUT2D eigenvalue weighted by Crippen LogP contribution is -2.49. The molecular weight excluding hydrogens is 542 g/mol. The molecule has 0 saturated carbocycles. The van der Waals surface area contributed by atoms with Gasteiger partial charge in [-0.2, -0.15) is 5.10 Å². The highest BCUT2D eigenvalue weighted by molar-refractivity contribution is 7.70. The number of aromatic nitrogens is 3. The second-order valence-electron chi connectivity index (χ2n) is 8.14. The van der Waals surface area contributed by atoms with Gasteiger partial charge in [0.25, 0.3) is 0 Å². The Hall–Kier alpha value is -1.93. The van der Waals surface area contributed by atoms with Gasteiger partial charge in [-0.1, -0.05) is 41.9 Å². The van der Waals surface area contributed by atoms with Crippen molar-refractivity contribution in [2.75, 3.05) is 17.8 Å². The zero-order valence-corrected chi connectivity index (χ0v) is 20.9. The van der Waals surface area contributed by atoms with E-state index < -0.39 is 51.9 Å². The number of anilines is 1. The SMILES string of the molecule is O=P(O)(O)CP(=O)(O)OC[C@H]1O[C@@H](n2ncc3c(NCc4ccccc4)cc(Cl)nc32)[C@H](O)C1(O)O. The minimum atomic E-state index is -4.90. The summed E-state index contributed by atoms with van der Waals surface area (Å²) < 4.78 is 34.1. The molecule has 1 saturated heterocycles. The van der Waals surface area contributed by atoms with Crippen LogP contribution in [0.25, 0.3) is 11.0 Å². The van der Waals surface area contributed by atoms with Crippen LogP contribution in [0.1, 0.15) is 11.8 Å². The maximum atomic E-state index is 11.9. The minimum absolute atomic E-state index is 0.0742. The van der Waals surface area contributed by atoms with Crippen LogP contribution in [0.2, 0.25) is 5.15 Å². The van der Waals surface area contributed by atoms with Crippen LogP contribution in [0.15, 0.2) is 42.6 Å². The lowest BCUT2D eigenvalue weighted by Gasteiger charge is -2.25. The van der Waals surface area contributed by atoms with Crippen LogP contribution in [-0.4, -0.2) is 75.3 Å². The van der Waals surface area contributed by atoms with E-state index in [9.17, 15) is 29.3 Å². The Balaban J connectivity index is 1.56. The van der Waals surface area contributed by atoms with Crippen LogP contribution in [0.4, 0.5) is 5.69 Å². The summed E-state index contributed by atoms with van der Waals surface area (Å²) in [6.45, 7) is -0.527. The van der Waals surface area contributed by atoms with Gasteiger partial charge in [0.15, 0.2) is 23.9 Å². The molecule has 3 heterocycles. The first-order valence-electron chi connectivity index (χ1n) is 10.4. The molecular formula is C19H23ClN4O10P2. The monoisotopic (exact) mass is 564 g/mol. The molecule has 0 spiro atoms. The molecule has 1 unspecified atom stereocenters. The Morgan fingerprint density at radius 1 is 1.19 bits per heavy atom. The van der Waals surface area contributed by atoms with Crippen molar-refractivity contribution < 1.29 is 48.4 Å². The number of nitrogens with one attached hydrogen (secondary N) is 1. The first-order chi connectivity index (χ1) is 16.8. The zero-order chi connectivity index (χ0) is 26.3. The normalized spacial score (nSPS) is 23.6. The smallest absolute Gasteiger partial charge is 0.340 e. The van der Waals surface area contributed by atoms with Gasteiger partial charge in [-0.05, 0) is 11.6 Å². The van der Waals surface area contributed by atoms with Crippen LogP contribution in [0.3, 0.4) is 0 Å². The van der Waals surface area contributed by atoms with Crippen LogP contribution in [-0.2, 0) is 24.9 Å². The summed E-state index contributed by atoms with van der Waals surface area (Å²) in [4.78, 5) is 31.6. The van der Waals surface area contributed by atoms with Crippen molar-refractivity contribution in [3.8, 4) is 0 Å². The first-order valence-corrected chi connectivity index (χ1v) is 14.3. The predicted molar refractivity (Wildman–Crippen MR) is 126 cm³/mol. The number of pyridine rings is 1. The third-order valence-corrected chi connectivity index (χ3v) is 9.03. The van der Waals surface area contributed by atoms with E-state index in [-0.39, 0.29) is 10.8 Å². The fraction of sp³-hybridized carbons (Fsp3) is 0.368. The summed E-state index contributed by atoms with van der Waals surface area (Å²) >= 11 is 6.18. The average Bonchev–Trinajstić information content (AvgIpc) is 3.28. The summed E-state index contributed by atoms with van der Waals surface area (Å²) in [5.41, 5.74) is 1.69. The van der Waals surface area contributed by atoms with Gasteiger partial charge >= 0.3 is 15.2 Å². The van der Waals surface area contributed by atoms with Crippen LogP contribution in [0, 0.1) is 0 Å². The minimum Gasteiger partial charge on any atom is -0.383 e. The average molecular weight is 565 g/mol. The van der Waals surface area contributed by atoms with Gasteiger partial charge in [-0.25, -0.2) is 9.67 Å². The fourth-order valence-corrected chi connectivity index (χ4v) is 6.41. The highest BCUT2D eigenvalue weighted by Crippen LogP contribution is 2.55. The van der Waals surface area contributed by atoms with Crippen molar-refractivity contribution in [2.45, 2.75) is 30.8 Å². The first kappa shape index (κ1) is 27.1. The summed E-state index contributed by atoms with van der Waals surface area (Å²) in [7, 11) is -9.72. The number of aliphatic hydroxyl groups excluding tert-OH is 1. The molecule has 0 bridgehead atoms. The third-order valence-electron chi connectivity index (χ3n) is 5.38. The van der Waals surface area contributed by atoms with Gasteiger partial charge in [-0.15, -0.1) is 0 Å². The molecule has 1 aromatic carbocycles. The second kappa shape index (κ2) is 10.1. The molecule has 4 rings (SSSR count). The van der Waals surface area contributed by atoms with Crippen molar-refractivity contribution in [1.82, 2.24) is 14.8 Å². The number of hydrogen-bond donors (Lipinski definition) is 7. The van der Waals surface area contributed by atoms with Gasteiger partial charge in [0.05, 0.1) is 23.9 Å². The number of benzene rings is 1. The van der Waals surface area contributed by atoms with Crippen molar-refractivity contribution in [2.24, 2.45) is 0 Å². The predicted octanol–water partition coefficient (Wildman–Crippen LogP) is 0.973. The van der Waals surface area contributed by atoms with E-state index in [2.05, 4.69) is 19.9 Å². The Labute approximate surface area is 208 Å². The zero-order valence-electron chi connectivity index (χ0n) is 18.3. The molecule has 7 N–H and O–H groups in total. The van der Waals surface area contributed by atoms with E-state index in [1.807, 2.05) is 30.3 Å². The molecule has 4 atom stereocenters. The van der Waals surface area contributed by atoms with E-state index in [0.717, 1.165) is 10.2 Å². The molecule has 14 nitrogen and oxygen atoms in total. The lowest BCUT2D eigenvalue weighted by molar-refractivity contribution is -0.234. The molecule has 0 radical (unpaired) electrons. The number of nitrogens with zero attached hydrogens (tertiary/aromatic N) is 3. The molecule has 196 valence electrons. The Morgan fingerprint density at radius 3 is 2.56 bits per heavy atom. The summed E-state index contributed by atoms with van der Waals surface area (Å²) in [6, 6.07) is 11.1. The molecule has 1 fully saturated rings. The van der Waals surface area contributed by atoms with Crippen molar-refractivity contribution in [3.05, 3.63) is 53.3 Å². The second-order valence-corrected chi connectivity index (χ2v) is 12.5. The van der Waals surface area contributed by atoms with Gasteiger partial charge in [-0.3, -0.25) is 9.13 Å². The number of fused-ring (bicyclic) bond motifs is 1. The van der Waals surface area contributed by atoms with E-state index >= 15 is 0 Å². The number of aliphatic hydroxyl groups is 3. The van der Waals surface area contributed by atoms with E-state index in [4.69, 9.17) is 26.1 Å². The van der Waals surface area contributed by atoms with Gasteiger partial charge in [0, 0.05) is 6.54 Å². The highest BCUT2D eigenvalue weighted by atomic mass is 35.5. The molecule has 0 amide bonds. The molecule has 36 heavy (non-hydrogen) atoms. The molecule has 1 aliphatic heterocycles. The molecule has 0 aliphatic carbocycles. The number of halogens is 1. The van der Waals surface area contributed by atoms with Crippen LogP contribution < -0.4 is 5.32 Å². The maximum Gasteiger partial charge on any atom is 0.340 e. The van der Waals surface area contributed by atoms with E-state index in [0.29, 0.717) is 17.6 Å².